The van der Waals surface area contributed by atoms with Crippen molar-refractivity contribution in [2.45, 2.75) is 25.3 Å². The smallest absolute Gasteiger partial charge is 0.159 e. The molecule has 0 unspecified atom stereocenters. The fourth-order valence-corrected chi connectivity index (χ4v) is 3.29. The van der Waals surface area contributed by atoms with E-state index in [1.54, 1.807) is 18.7 Å². The summed E-state index contributed by atoms with van der Waals surface area (Å²) in [5.74, 6) is 3.17. The fourth-order valence-electron chi connectivity index (χ4n) is 3.29. The molecule has 7 heteroatoms. The maximum absolute atomic E-state index is 5.85. The van der Waals surface area contributed by atoms with Gasteiger partial charge in [-0.15, -0.1) is 0 Å². The third-order valence-corrected chi connectivity index (χ3v) is 4.98. The highest BCUT2D eigenvalue weighted by Crippen LogP contribution is 2.30. The molecular formula is C19H22N6O. The number of hydrogen-bond acceptors (Lipinski definition) is 6. The normalized spacial score (nSPS) is 19.8. The number of ether oxygens (including phenoxy) is 1. The number of anilines is 1. The van der Waals surface area contributed by atoms with Gasteiger partial charge in [0, 0.05) is 18.7 Å². The Morgan fingerprint density at radius 2 is 2.19 bits per heavy atom. The predicted molar refractivity (Wildman–Crippen MR) is 99.8 cm³/mol. The molecule has 1 atom stereocenters. The molecule has 1 saturated heterocycles. The molecule has 26 heavy (non-hydrogen) atoms. The molecule has 2 fully saturated rings. The van der Waals surface area contributed by atoms with Crippen LogP contribution in [-0.4, -0.2) is 45.3 Å². The second kappa shape index (κ2) is 6.57. The molecule has 1 aliphatic heterocycles. The van der Waals surface area contributed by atoms with Gasteiger partial charge in [-0.25, -0.2) is 9.97 Å². The number of fused-ring (bicyclic) bond motifs is 1. The standard InChI is InChI=1S/C19H22N6O/c1-2-13(1)11-26-15-3-4-17-16(7-15)22-12-25(17)19-10-21-9-18(24-19)23-14-5-6-20-8-14/h3-4,7,9-10,12-14,20H,1-2,5-6,8,11H2,(H,23,24)/t14-/m1/s1. The molecule has 1 aromatic carbocycles. The van der Waals surface area contributed by atoms with Crippen LogP contribution < -0.4 is 15.4 Å². The Hall–Kier alpha value is -2.67. The lowest BCUT2D eigenvalue weighted by Gasteiger charge is -2.12. The summed E-state index contributed by atoms with van der Waals surface area (Å²) in [6.45, 7) is 2.81. The van der Waals surface area contributed by atoms with Crippen LogP contribution in [-0.2, 0) is 0 Å². The first kappa shape index (κ1) is 15.6. The van der Waals surface area contributed by atoms with Crippen molar-refractivity contribution in [3.63, 3.8) is 0 Å². The van der Waals surface area contributed by atoms with E-state index in [0.29, 0.717) is 6.04 Å². The Bertz CT molecular complexity index is 913. The van der Waals surface area contributed by atoms with Gasteiger partial charge < -0.3 is 15.4 Å². The quantitative estimate of drug-likeness (QED) is 0.711. The van der Waals surface area contributed by atoms with E-state index in [2.05, 4.69) is 20.6 Å². The van der Waals surface area contributed by atoms with Crippen molar-refractivity contribution in [3.8, 4) is 11.6 Å². The van der Waals surface area contributed by atoms with Crippen LogP contribution in [0.5, 0.6) is 5.75 Å². The van der Waals surface area contributed by atoms with E-state index < -0.39 is 0 Å². The minimum atomic E-state index is 0.408. The van der Waals surface area contributed by atoms with Crippen molar-refractivity contribution in [1.82, 2.24) is 24.8 Å². The molecular weight excluding hydrogens is 328 g/mol. The van der Waals surface area contributed by atoms with Crippen LogP contribution in [0, 0.1) is 5.92 Å². The molecule has 3 heterocycles. The molecule has 0 radical (unpaired) electrons. The minimum absolute atomic E-state index is 0.408. The molecule has 2 aliphatic rings. The van der Waals surface area contributed by atoms with Gasteiger partial charge in [0.25, 0.3) is 0 Å². The van der Waals surface area contributed by atoms with Crippen molar-refractivity contribution in [3.05, 3.63) is 36.9 Å². The lowest BCUT2D eigenvalue weighted by Crippen LogP contribution is -2.23. The van der Waals surface area contributed by atoms with Gasteiger partial charge in [0.1, 0.15) is 17.9 Å². The summed E-state index contributed by atoms with van der Waals surface area (Å²) in [5, 5.41) is 6.79. The van der Waals surface area contributed by atoms with Gasteiger partial charge in [-0.1, -0.05) is 0 Å². The number of nitrogens with one attached hydrogen (secondary N) is 2. The van der Waals surface area contributed by atoms with Gasteiger partial charge in [-0.3, -0.25) is 9.55 Å². The topological polar surface area (TPSA) is 76.9 Å². The molecule has 134 valence electrons. The van der Waals surface area contributed by atoms with Gasteiger partial charge in [0.2, 0.25) is 0 Å². The van der Waals surface area contributed by atoms with E-state index in [0.717, 1.165) is 60.5 Å². The molecule has 2 aromatic heterocycles. The minimum Gasteiger partial charge on any atom is -0.493 e. The Kier molecular flexibility index (Phi) is 3.93. The Morgan fingerprint density at radius 1 is 1.23 bits per heavy atom. The van der Waals surface area contributed by atoms with Gasteiger partial charge in [-0.05, 0) is 43.9 Å². The second-order valence-electron chi connectivity index (χ2n) is 7.12. The molecule has 2 N–H and O–H groups in total. The number of nitrogens with zero attached hydrogens (tertiary/aromatic N) is 4. The van der Waals surface area contributed by atoms with Crippen LogP contribution in [0.15, 0.2) is 36.9 Å². The summed E-state index contributed by atoms with van der Waals surface area (Å²) in [5.41, 5.74) is 1.90. The van der Waals surface area contributed by atoms with Crippen LogP contribution in [0.25, 0.3) is 16.9 Å². The molecule has 1 aliphatic carbocycles. The first-order chi connectivity index (χ1) is 12.8. The summed E-state index contributed by atoms with van der Waals surface area (Å²) in [7, 11) is 0. The van der Waals surface area contributed by atoms with Crippen molar-refractivity contribution in [1.29, 1.82) is 0 Å². The predicted octanol–water partition coefficient (Wildman–Crippen LogP) is 2.38. The average Bonchev–Trinajstić information content (AvgIpc) is 3.18. The summed E-state index contributed by atoms with van der Waals surface area (Å²) >= 11 is 0. The molecule has 7 nitrogen and oxygen atoms in total. The van der Waals surface area contributed by atoms with E-state index in [9.17, 15) is 0 Å². The number of imidazole rings is 1. The van der Waals surface area contributed by atoms with E-state index in [1.165, 1.54) is 12.8 Å². The van der Waals surface area contributed by atoms with Gasteiger partial charge in [-0.2, -0.15) is 0 Å². The first-order valence-corrected chi connectivity index (χ1v) is 9.25. The van der Waals surface area contributed by atoms with Crippen molar-refractivity contribution < 1.29 is 4.74 Å². The zero-order valence-electron chi connectivity index (χ0n) is 14.6. The van der Waals surface area contributed by atoms with E-state index in [4.69, 9.17) is 9.72 Å². The second-order valence-corrected chi connectivity index (χ2v) is 7.12. The van der Waals surface area contributed by atoms with Crippen LogP contribution in [0.1, 0.15) is 19.3 Å². The van der Waals surface area contributed by atoms with Gasteiger partial charge in [0.15, 0.2) is 5.82 Å². The highest BCUT2D eigenvalue weighted by Gasteiger charge is 2.22. The highest BCUT2D eigenvalue weighted by atomic mass is 16.5. The summed E-state index contributed by atoms with van der Waals surface area (Å²) in [4.78, 5) is 13.6. The number of aromatic nitrogens is 4. The van der Waals surface area contributed by atoms with E-state index in [-0.39, 0.29) is 0 Å². The Labute approximate surface area is 151 Å². The van der Waals surface area contributed by atoms with Crippen LogP contribution in [0.4, 0.5) is 5.82 Å². The molecule has 5 rings (SSSR count). The zero-order valence-corrected chi connectivity index (χ0v) is 14.6. The largest absolute Gasteiger partial charge is 0.493 e. The summed E-state index contributed by atoms with van der Waals surface area (Å²) < 4.78 is 7.82. The maximum Gasteiger partial charge on any atom is 0.159 e. The fraction of sp³-hybridized carbons (Fsp3) is 0.421. The lowest BCUT2D eigenvalue weighted by molar-refractivity contribution is 0.300. The molecule has 0 bridgehead atoms. The van der Waals surface area contributed by atoms with Gasteiger partial charge in [0.05, 0.1) is 30.0 Å². The number of hydrogen-bond donors (Lipinski definition) is 2. The van der Waals surface area contributed by atoms with E-state index >= 15 is 0 Å². The Balaban J connectivity index is 1.39. The van der Waals surface area contributed by atoms with Gasteiger partial charge >= 0.3 is 0 Å². The van der Waals surface area contributed by atoms with Crippen molar-refractivity contribution >= 4 is 16.9 Å². The summed E-state index contributed by atoms with van der Waals surface area (Å²) in [6.07, 6.45) is 9.00. The average molecular weight is 350 g/mol. The zero-order chi connectivity index (χ0) is 17.3. The highest BCUT2D eigenvalue weighted by molar-refractivity contribution is 5.78. The third-order valence-electron chi connectivity index (χ3n) is 4.98. The van der Waals surface area contributed by atoms with Crippen molar-refractivity contribution in [2.24, 2.45) is 5.92 Å². The summed E-state index contributed by atoms with van der Waals surface area (Å²) in [6, 6.07) is 6.44. The third kappa shape index (κ3) is 3.22. The first-order valence-electron chi connectivity index (χ1n) is 9.25. The van der Waals surface area contributed by atoms with Crippen LogP contribution in [0.2, 0.25) is 0 Å². The SMILES string of the molecule is c1cc2c(cc1OCC1CC1)ncn2-c1cncc(N[C@@H]2CCNC2)n1. The van der Waals surface area contributed by atoms with Crippen LogP contribution >= 0.6 is 0 Å². The number of benzene rings is 1. The van der Waals surface area contributed by atoms with Crippen molar-refractivity contribution in [2.75, 3.05) is 25.0 Å². The number of rotatable bonds is 6. The van der Waals surface area contributed by atoms with E-state index in [1.807, 2.05) is 22.8 Å². The maximum atomic E-state index is 5.85. The molecule has 1 saturated carbocycles. The Morgan fingerprint density at radius 3 is 3.04 bits per heavy atom. The van der Waals surface area contributed by atoms with Crippen LogP contribution in [0.3, 0.4) is 0 Å². The molecule has 3 aromatic rings. The molecule has 0 spiro atoms. The monoisotopic (exact) mass is 350 g/mol. The lowest BCUT2D eigenvalue weighted by atomic mass is 10.2. The molecule has 0 amide bonds.